The van der Waals surface area contributed by atoms with E-state index in [-0.39, 0.29) is 0 Å². The quantitative estimate of drug-likeness (QED) is 0.795. The molecule has 0 bridgehead atoms. The Bertz CT molecular complexity index is 360. The zero-order valence-electron chi connectivity index (χ0n) is 11.7. The smallest absolute Gasteiger partial charge is 0.0389 e. The highest BCUT2D eigenvalue weighted by molar-refractivity contribution is 5.60. The van der Waals surface area contributed by atoms with E-state index in [1.165, 1.54) is 5.69 Å². The lowest BCUT2D eigenvalue weighted by atomic mass is 10.1. The highest BCUT2D eigenvalue weighted by atomic mass is 15.2. The third-order valence-corrected chi connectivity index (χ3v) is 3.10. The summed E-state index contributed by atoms with van der Waals surface area (Å²) in [6, 6.07) is 6.80. The first-order chi connectivity index (χ1) is 7.95. The van der Waals surface area contributed by atoms with Crippen LogP contribution >= 0.6 is 0 Å². The van der Waals surface area contributed by atoms with Crippen LogP contribution in [-0.2, 0) is 0 Å². The van der Waals surface area contributed by atoms with Crippen LogP contribution in [-0.4, -0.2) is 38.1 Å². The van der Waals surface area contributed by atoms with Crippen LogP contribution in [0.4, 0.5) is 11.4 Å². The normalized spacial score (nSPS) is 12.8. The second kappa shape index (κ2) is 5.92. The summed E-state index contributed by atoms with van der Waals surface area (Å²) in [5.74, 6) is 0. The summed E-state index contributed by atoms with van der Waals surface area (Å²) >= 11 is 0. The summed E-state index contributed by atoms with van der Waals surface area (Å²) in [5, 5.41) is 0. The molecule has 0 fully saturated rings. The van der Waals surface area contributed by atoms with Gasteiger partial charge < -0.3 is 15.5 Å². The van der Waals surface area contributed by atoms with E-state index < -0.39 is 0 Å². The van der Waals surface area contributed by atoms with Crippen molar-refractivity contribution in [2.24, 2.45) is 0 Å². The van der Waals surface area contributed by atoms with Gasteiger partial charge in [-0.15, -0.1) is 0 Å². The topological polar surface area (TPSA) is 32.5 Å². The van der Waals surface area contributed by atoms with Crippen molar-refractivity contribution >= 4 is 11.4 Å². The molecule has 96 valence electrons. The number of aryl methyl sites for hydroxylation is 1. The molecule has 1 aromatic rings. The van der Waals surface area contributed by atoms with Gasteiger partial charge in [-0.05, 0) is 52.6 Å². The molecule has 17 heavy (non-hydrogen) atoms. The zero-order chi connectivity index (χ0) is 13.0. The minimum Gasteiger partial charge on any atom is -0.398 e. The van der Waals surface area contributed by atoms with E-state index in [0.717, 1.165) is 24.3 Å². The Kier molecular flexibility index (Phi) is 4.82. The lowest BCUT2D eigenvalue weighted by Crippen LogP contribution is -2.40. The molecule has 0 spiro atoms. The second-order valence-electron chi connectivity index (χ2n) is 4.94. The summed E-state index contributed by atoms with van der Waals surface area (Å²) in [6.07, 6.45) is 0. The molecule has 0 aliphatic heterocycles. The SMILES string of the molecule is CCN(c1ccc(C)c(N)c1)C(C)CN(C)C. The predicted molar refractivity (Wildman–Crippen MR) is 76.6 cm³/mol. The standard InChI is InChI=1S/C14H25N3/c1-6-17(12(3)10-16(4)5)13-8-7-11(2)14(15)9-13/h7-9,12H,6,10,15H2,1-5H3. The third-order valence-electron chi connectivity index (χ3n) is 3.10. The maximum absolute atomic E-state index is 5.98. The molecule has 0 aliphatic carbocycles. The zero-order valence-corrected chi connectivity index (χ0v) is 11.7. The predicted octanol–water partition coefficient (Wildman–Crippen LogP) is 2.35. The minimum atomic E-state index is 0.483. The van der Waals surface area contributed by atoms with Crippen LogP contribution in [0.2, 0.25) is 0 Å². The largest absolute Gasteiger partial charge is 0.398 e. The van der Waals surface area contributed by atoms with Crippen LogP contribution in [0.3, 0.4) is 0 Å². The highest BCUT2D eigenvalue weighted by Gasteiger charge is 2.14. The third kappa shape index (κ3) is 3.63. The fourth-order valence-corrected chi connectivity index (χ4v) is 2.18. The fraction of sp³-hybridized carbons (Fsp3) is 0.571. The molecule has 1 atom stereocenters. The molecule has 0 radical (unpaired) electrons. The summed E-state index contributed by atoms with van der Waals surface area (Å²) in [5.41, 5.74) is 9.21. The van der Waals surface area contributed by atoms with E-state index in [1.807, 2.05) is 6.92 Å². The average molecular weight is 235 g/mol. The monoisotopic (exact) mass is 235 g/mol. The fourth-order valence-electron chi connectivity index (χ4n) is 2.18. The van der Waals surface area contributed by atoms with Crippen molar-refractivity contribution in [3.8, 4) is 0 Å². The van der Waals surface area contributed by atoms with Crippen LogP contribution in [0.1, 0.15) is 19.4 Å². The molecule has 3 nitrogen and oxygen atoms in total. The number of rotatable bonds is 5. The molecule has 3 heteroatoms. The molecule has 2 N–H and O–H groups in total. The molecule has 0 aromatic heterocycles. The van der Waals surface area contributed by atoms with E-state index in [0.29, 0.717) is 6.04 Å². The highest BCUT2D eigenvalue weighted by Crippen LogP contribution is 2.22. The van der Waals surface area contributed by atoms with Gasteiger partial charge >= 0.3 is 0 Å². The van der Waals surface area contributed by atoms with E-state index in [2.05, 4.69) is 55.9 Å². The van der Waals surface area contributed by atoms with Gasteiger partial charge in [0.25, 0.3) is 0 Å². The van der Waals surface area contributed by atoms with Gasteiger partial charge in [-0.2, -0.15) is 0 Å². The number of nitrogen functional groups attached to an aromatic ring is 1. The molecule has 1 rings (SSSR count). The first kappa shape index (κ1) is 13.8. The maximum Gasteiger partial charge on any atom is 0.0389 e. The molecule has 0 heterocycles. The number of hydrogen-bond acceptors (Lipinski definition) is 3. The lowest BCUT2D eigenvalue weighted by molar-refractivity contribution is 0.373. The summed E-state index contributed by atoms with van der Waals surface area (Å²) in [4.78, 5) is 4.60. The van der Waals surface area contributed by atoms with Gasteiger partial charge in [-0.25, -0.2) is 0 Å². The number of nitrogens with zero attached hydrogens (tertiary/aromatic N) is 2. The average Bonchev–Trinajstić information content (AvgIpc) is 2.23. The molecule has 1 aromatic carbocycles. The molecule has 0 saturated carbocycles. The number of hydrogen-bond donors (Lipinski definition) is 1. The van der Waals surface area contributed by atoms with Gasteiger partial charge in [0.15, 0.2) is 0 Å². The van der Waals surface area contributed by atoms with E-state index in [9.17, 15) is 0 Å². The van der Waals surface area contributed by atoms with Crippen LogP contribution in [0.5, 0.6) is 0 Å². The van der Waals surface area contributed by atoms with Crippen LogP contribution in [0.15, 0.2) is 18.2 Å². The van der Waals surface area contributed by atoms with Crippen molar-refractivity contribution < 1.29 is 0 Å². The van der Waals surface area contributed by atoms with Gasteiger partial charge in [-0.3, -0.25) is 0 Å². The molecule has 0 aliphatic rings. The van der Waals surface area contributed by atoms with Gasteiger partial charge in [-0.1, -0.05) is 6.07 Å². The van der Waals surface area contributed by atoms with Crippen LogP contribution < -0.4 is 10.6 Å². The minimum absolute atomic E-state index is 0.483. The van der Waals surface area contributed by atoms with Gasteiger partial charge in [0.05, 0.1) is 0 Å². The van der Waals surface area contributed by atoms with Crippen molar-refractivity contribution in [3.63, 3.8) is 0 Å². The first-order valence-corrected chi connectivity index (χ1v) is 6.23. The molecular weight excluding hydrogens is 210 g/mol. The lowest BCUT2D eigenvalue weighted by Gasteiger charge is -2.32. The van der Waals surface area contributed by atoms with Crippen LogP contribution in [0.25, 0.3) is 0 Å². The summed E-state index contributed by atoms with van der Waals surface area (Å²) in [6.45, 7) is 8.51. The van der Waals surface area contributed by atoms with Crippen molar-refractivity contribution in [3.05, 3.63) is 23.8 Å². The Morgan fingerprint density at radius 3 is 2.41 bits per heavy atom. The summed E-state index contributed by atoms with van der Waals surface area (Å²) < 4.78 is 0. The molecule has 1 unspecified atom stereocenters. The number of nitrogens with two attached hydrogens (primary N) is 1. The van der Waals surface area contributed by atoms with Crippen molar-refractivity contribution in [2.45, 2.75) is 26.8 Å². The molecular formula is C14H25N3. The van der Waals surface area contributed by atoms with Crippen LogP contribution in [0, 0.1) is 6.92 Å². The first-order valence-electron chi connectivity index (χ1n) is 6.23. The Morgan fingerprint density at radius 1 is 1.29 bits per heavy atom. The van der Waals surface area contributed by atoms with E-state index >= 15 is 0 Å². The Balaban J connectivity index is 2.89. The Morgan fingerprint density at radius 2 is 1.94 bits per heavy atom. The van der Waals surface area contributed by atoms with Crippen molar-refractivity contribution in [1.29, 1.82) is 0 Å². The Hall–Kier alpha value is -1.22. The Labute approximate surface area is 105 Å². The summed E-state index contributed by atoms with van der Waals surface area (Å²) in [7, 11) is 4.21. The van der Waals surface area contributed by atoms with Crippen molar-refractivity contribution in [2.75, 3.05) is 37.8 Å². The molecule has 0 saturated heterocycles. The van der Waals surface area contributed by atoms with Crippen molar-refractivity contribution in [1.82, 2.24) is 4.90 Å². The number of likely N-dealkylation sites (N-methyl/N-ethyl adjacent to an activating group) is 2. The maximum atomic E-state index is 5.98. The van der Waals surface area contributed by atoms with E-state index in [1.54, 1.807) is 0 Å². The second-order valence-corrected chi connectivity index (χ2v) is 4.94. The van der Waals surface area contributed by atoms with Gasteiger partial charge in [0, 0.05) is 30.5 Å². The molecule has 0 amide bonds. The number of anilines is 2. The van der Waals surface area contributed by atoms with Gasteiger partial charge in [0.1, 0.15) is 0 Å². The number of benzene rings is 1. The van der Waals surface area contributed by atoms with Gasteiger partial charge in [0.2, 0.25) is 0 Å². The van der Waals surface area contributed by atoms with E-state index in [4.69, 9.17) is 5.73 Å².